The molecule has 2 rings (SSSR count). The molecule has 2 atom stereocenters. The van der Waals surface area contributed by atoms with E-state index in [9.17, 15) is 9.59 Å². The van der Waals surface area contributed by atoms with Crippen LogP contribution in [0.15, 0.2) is 10.9 Å². The normalized spacial score (nSPS) is 22.1. The molecule has 2 heterocycles. The molecule has 0 saturated carbocycles. The van der Waals surface area contributed by atoms with Gasteiger partial charge >= 0.3 is 6.03 Å². The summed E-state index contributed by atoms with van der Waals surface area (Å²) in [6.45, 7) is 0.761. The molecule has 19 heavy (non-hydrogen) atoms. The van der Waals surface area contributed by atoms with Gasteiger partial charge in [-0.15, -0.1) is 11.3 Å². The Morgan fingerprint density at radius 1 is 1.47 bits per heavy atom. The van der Waals surface area contributed by atoms with Crippen molar-refractivity contribution in [1.29, 1.82) is 0 Å². The summed E-state index contributed by atoms with van der Waals surface area (Å²) in [6, 6.07) is -0.279. The summed E-state index contributed by atoms with van der Waals surface area (Å²) in [5.74, 6) is -0.449. The van der Waals surface area contributed by atoms with Gasteiger partial charge in [0.1, 0.15) is 6.10 Å². The zero-order valence-corrected chi connectivity index (χ0v) is 11.1. The van der Waals surface area contributed by atoms with Crippen LogP contribution in [-0.2, 0) is 16.1 Å². The van der Waals surface area contributed by atoms with Crippen LogP contribution in [-0.4, -0.2) is 35.7 Å². The fourth-order valence-corrected chi connectivity index (χ4v) is 2.39. The zero-order chi connectivity index (χ0) is 13.7. The van der Waals surface area contributed by atoms with Crippen LogP contribution in [0.3, 0.4) is 0 Å². The average Bonchev–Trinajstić information content (AvgIpc) is 3.05. The van der Waals surface area contributed by atoms with Gasteiger partial charge in [-0.1, -0.05) is 0 Å². The first-order chi connectivity index (χ1) is 9.15. The number of aromatic nitrogens is 1. The lowest BCUT2D eigenvalue weighted by molar-refractivity contribution is -0.128. The summed E-state index contributed by atoms with van der Waals surface area (Å²) in [5, 5.41) is 7.26. The molecule has 0 spiro atoms. The minimum atomic E-state index is -0.523. The number of hydrogen-bond donors (Lipinski definition) is 3. The number of nitrogens with two attached hydrogens (primary N) is 1. The molecule has 1 fully saturated rings. The number of rotatable bonds is 5. The number of primary amides is 1. The first-order valence-corrected chi connectivity index (χ1v) is 6.93. The molecule has 1 aromatic rings. The molecule has 4 N–H and O–H groups in total. The second-order valence-electron chi connectivity index (χ2n) is 4.27. The third kappa shape index (κ3) is 4.18. The van der Waals surface area contributed by atoms with Crippen LogP contribution in [0.5, 0.6) is 0 Å². The van der Waals surface area contributed by atoms with Gasteiger partial charge in [-0.3, -0.25) is 4.79 Å². The highest BCUT2D eigenvalue weighted by molar-refractivity contribution is 7.07. The van der Waals surface area contributed by atoms with Gasteiger partial charge in [0.25, 0.3) is 0 Å². The van der Waals surface area contributed by atoms with Crippen LogP contribution in [0.2, 0.25) is 0 Å². The zero-order valence-electron chi connectivity index (χ0n) is 10.3. The Morgan fingerprint density at radius 3 is 2.95 bits per heavy atom. The maximum atomic E-state index is 11.5. The molecular weight excluding hydrogens is 268 g/mol. The van der Waals surface area contributed by atoms with Crippen LogP contribution >= 0.6 is 11.3 Å². The minimum absolute atomic E-state index is 0.150. The Balaban J connectivity index is 1.63. The van der Waals surface area contributed by atoms with Gasteiger partial charge in [0, 0.05) is 11.9 Å². The van der Waals surface area contributed by atoms with Crippen molar-refractivity contribution >= 4 is 23.3 Å². The maximum Gasteiger partial charge on any atom is 0.315 e. The minimum Gasteiger partial charge on any atom is -0.367 e. The van der Waals surface area contributed by atoms with Crippen molar-refractivity contribution in [3.8, 4) is 0 Å². The van der Waals surface area contributed by atoms with Crippen molar-refractivity contribution in [2.75, 3.05) is 6.54 Å². The van der Waals surface area contributed by atoms with E-state index in [1.807, 2.05) is 5.38 Å². The third-order valence-corrected chi connectivity index (χ3v) is 3.46. The molecule has 0 aliphatic carbocycles. The van der Waals surface area contributed by atoms with E-state index in [1.165, 1.54) is 11.3 Å². The van der Waals surface area contributed by atoms with Gasteiger partial charge in [0.2, 0.25) is 5.91 Å². The SMILES string of the molecule is NC(=O)C1CCC(CNC(=O)NCc2cscn2)O1. The predicted molar refractivity (Wildman–Crippen MR) is 69.4 cm³/mol. The van der Waals surface area contributed by atoms with Crippen LogP contribution in [0, 0.1) is 0 Å². The van der Waals surface area contributed by atoms with Crippen LogP contribution in [0.1, 0.15) is 18.5 Å². The second kappa shape index (κ2) is 6.48. The third-order valence-electron chi connectivity index (χ3n) is 2.83. The first kappa shape index (κ1) is 13.8. The predicted octanol–water partition coefficient (Wildman–Crippen LogP) is -0.0248. The Kier molecular flexibility index (Phi) is 4.69. The van der Waals surface area contributed by atoms with Crippen LogP contribution < -0.4 is 16.4 Å². The number of ether oxygens (including phenoxy) is 1. The van der Waals surface area contributed by atoms with Crippen molar-refractivity contribution in [1.82, 2.24) is 15.6 Å². The monoisotopic (exact) mass is 284 g/mol. The van der Waals surface area contributed by atoms with E-state index in [-0.39, 0.29) is 12.1 Å². The van der Waals surface area contributed by atoms with E-state index in [0.717, 1.165) is 12.1 Å². The topological polar surface area (TPSA) is 106 Å². The number of nitrogens with one attached hydrogen (secondary N) is 2. The Bertz CT molecular complexity index is 437. The number of amides is 3. The fourth-order valence-electron chi connectivity index (χ4n) is 1.83. The van der Waals surface area contributed by atoms with E-state index in [4.69, 9.17) is 10.5 Å². The molecule has 3 amide bonds. The van der Waals surface area contributed by atoms with E-state index >= 15 is 0 Å². The Labute approximate surface area is 114 Å². The largest absolute Gasteiger partial charge is 0.367 e. The van der Waals surface area contributed by atoms with Crippen LogP contribution in [0.25, 0.3) is 0 Å². The highest BCUT2D eigenvalue weighted by Crippen LogP contribution is 2.18. The van der Waals surface area contributed by atoms with E-state index in [1.54, 1.807) is 5.51 Å². The molecule has 7 nitrogen and oxygen atoms in total. The molecular formula is C11H16N4O3S. The number of nitrogens with zero attached hydrogens (tertiary/aromatic N) is 1. The number of carbonyl (C=O) groups is 2. The number of urea groups is 1. The van der Waals surface area contributed by atoms with Gasteiger partial charge in [-0.2, -0.15) is 0 Å². The highest BCUT2D eigenvalue weighted by atomic mass is 32.1. The van der Waals surface area contributed by atoms with Gasteiger partial charge in [0.15, 0.2) is 0 Å². The van der Waals surface area contributed by atoms with E-state index < -0.39 is 12.0 Å². The van der Waals surface area contributed by atoms with Gasteiger partial charge < -0.3 is 21.1 Å². The van der Waals surface area contributed by atoms with Crippen molar-refractivity contribution in [3.63, 3.8) is 0 Å². The second-order valence-corrected chi connectivity index (χ2v) is 4.99. The number of thiazole rings is 1. The molecule has 1 saturated heterocycles. The van der Waals surface area contributed by atoms with Crippen molar-refractivity contribution in [2.24, 2.45) is 5.73 Å². The maximum absolute atomic E-state index is 11.5. The molecule has 1 aliphatic rings. The molecule has 0 radical (unpaired) electrons. The quantitative estimate of drug-likeness (QED) is 0.706. The van der Waals surface area contributed by atoms with Gasteiger partial charge in [-0.25, -0.2) is 9.78 Å². The van der Waals surface area contributed by atoms with Gasteiger partial charge in [0.05, 0.1) is 23.9 Å². The lowest BCUT2D eigenvalue weighted by atomic mass is 10.2. The summed E-state index contributed by atoms with van der Waals surface area (Å²) in [5.41, 5.74) is 7.69. The van der Waals surface area contributed by atoms with E-state index in [0.29, 0.717) is 19.5 Å². The average molecular weight is 284 g/mol. The lowest BCUT2D eigenvalue weighted by Gasteiger charge is -2.13. The summed E-state index contributed by atoms with van der Waals surface area (Å²) in [4.78, 5) is 26.5. The Morgan fingerprint density at radius 2 is 2.32 bits per heavy atom. The fraction of sp³-hybridized carbons (Fsp3) is 0.545. The molecule has 1 aromatic heterocycles. The van der Waals surface area contributed by atoms with E-state index in [2.05, 4.69) is 15.6 Å². The molecule has 0 aromatic carbocycles. The number of hydrogen-bond acceptors (Lipinski definition) is 5. The number of carbonyl (C=O) groups excluding carboxylic acids is 2. The van der Waals surface area contributed by atoms with Crippen LogP contribution in [0.4, 0.5) is 4.79 Å². The smallest absolute Gasteiger partial charge is 0.315 e. The highest BCUT2D eigenvalue weighted by Gasteiger charge is 2.29. The van der Waals surface area contributed by atoms with Crippen molar-refractivity contribution in [3.05, 3.63) is 16.6 Å². The van der Waals surface area contributed by atoms with Crippen molar-refractivity contribution < 1.29 is 14.3 Å². The molecule has 8 heteroatoms. The summed E-state index contributed by atoms with van der Waals surface area (Å²) < 4.78 is 5.40. The molecule has 1 aliphatic heterocycles. The summed E-state index contributed by atoms with van der Waals surface area (Å²) in [7, 11) is 0. The molecule has 0 bridgehead atoms. The Hall–Kier alpha value is -1.67. The molecule has 2 unspecified atom stereocenters. The van der Waals surface area contributed by atoms with Crippen molar-refractivity contribution in [2.45, 2.75) is 31.6 Å². The standard InChI is InChI=1S/C11H16N4O3S/c12-10(16)9-2-1-8(18-9)4-14-11(17)13-3-7-5-19-6-15-7/h5-6,8-9H,1-4H2,(H2,12,16)(H2,13,14,17). The summed E-state index contributed by atoms with van der Waals surface area (Å²) in [6.07, 6.45) is 0.662. The summed E-state index contributed by atoms with van der Waals surface area (Å²) >= 11 is 1.48. The first-order valence-electron chi connectivity index (χ1n) is 5.98. The lowest BCUT2D eigenvalue weighted by Crippen LogP contribution is -2.40. The van der Waals surface area contributed by atoms with Gasteiger partial charge in [-0.05, 0) is 12.8 Å². The molecule has 104 valence electrons.